The fraction of sp³-hybridized carbons (Fsp3) is 0.643. The van der Waals surface area contributed by atoms with Crippen LogP contribution in [0.25, 0.3) is 0 Å². The summed E-state index contributed by atoms with van der Waals surface area (Å²) in [6.45, 7) is 3.30. The third-order valence-corrected chi connectivity index (χ3v) is 5.49. The molecule has 3 rings (SSSR count). The van der Waals surface area contributed by atoms with Crippen LogP contribution in [0.2, 0.25) is 0 Å². The molecule has 2 saturated carbocycles. The van der Waals surface area contributed by atoms with Gasteiger partial charge in [-0.15, -0.1) is 11.3 Å². The molecule has 1 heterocycles. The van der Waals surface area contributed by atoms with Crippen LogP contribution in [0.5, 0.6) is 0 Å². The van der Waals surface area contributed by atoms with E-state index >= 15 is 0 Å². The molecule has 0 spiro atoms. The smallest absolute Gasteiger partial charge is 0.130 e. The van der Waals surface area contributed by atoms with Crippen molar-refractivity contribution in [2.45, 2.75) is 44.9 Å². The van der Waals surface area contributed by atoms with Crippen LogP contribution in [0, 0.1) is 16.7 Å². The van der Waals surface area contributed by atoms with Crippen LogP contribution in [-0.4, -0.2) is 6.54 Å². The van der Waals surface area contributed by atoms with Crippen LogP contribution in [0.15, 0.2) is 0 Å². The number of nitrogens with one attached hydrogen (secondary N) is 1. The summed E-state index contributed by atoms with van der Waals surface area (Å²) < 4.78 is 0. The number of anilines is 2. The number of hydrogen-bond acceptors (Lipinski definition) is 4. The van der Waals surface area contributed by atoms with Crippen LogP contribution < -0.4 is 11.1 Å². The van der Waals surface area contributed by atoms with Gasteiger partial charge in [0, 0.05) is 12.1 Å². The minimum atomic E-state index is 0.520. The Balaban J connectivity index is 1.80. The number of nitriles is 1. The molecule has 2 aliphatic carbocycles. The summed E-state index contributed by atoms with van der Waals surface area (Å²) in [6, 6.07) is 2.22. The van der Waals surface area contributed by atoms with Gasteiger partial charge in [0.05, 0.1) is 10.7 Å². The number of nitrogens with zero attached hydrogens (tertiary/aromatic N) is 1. The van der Waals surface area contributed by atoms with Gasteiger partial charge in [-0.3, -0.25) is 0 Å². The van der Waals surface area contributed by atoms with Crippen LogP contribution >= 0.6 is 11.3 Å². The third-order valence-electron chi connectivity index (χ3n) is 4.40. The fourth-order valence-corrected chi connectivity index (χ4v) is 3.55. The highest BCUT2D eigenvalue weighted by Crippen LogP contribution is 2.52. The predicted octanol–water partition coefficient (Wildman–Crippen LogP) is 3.68. The molecular formula is C14H19N3S. The van der Waals surface area contributed by atoms with Crippen molar-refractivity contribution in [3.63, 3.8) is 0 Å². The first-order valence-electron chi connectivity index (χ1n) is 6.75. The molecule has 3 nitrogen and oxygen atoms in total. The van der Waals surface area contributed by atoms with Gasteiger partial charge in [0.2, 0.25) is 0 Å². The number of nitrogens with two attached hydrogens (primary N) is 1. The molecule has 0 unspecified atom stereocenters. The Bertz CT molecular complexity index is 504. The van der Waals surface area contributed by atoms with Crippen molar-refractivity contribution in [1.82, 2.24) is 0 Å². The molecule has 0 saturated heterocycles. The average Bonchev–Trinajstić information content (AvgIpc) is 3.28. The van der Waals surface area contributed by atoms with E-state index in [2.05, 4.69) is 18.3 Å². The van der Waals surface area contributed by atoms with E-state index in [4.69, 9.17) is 11.0 Å². The second kappa shape index (κ2) is 4.17. The molecule has 3 N–H and O–H groups in total. The van der Waals surface area contributed by atoms with Crippen LogP contribution in [-0.2, 0) is 0 Å². The minimum absolute atomic E-state index is 0.520. The van der Waals surface area contributed by atoms with Crippen molar-refractivity contribution in [2.24, 2.45) is 5.41 Å². The molecule has 0 aliphatic heterocycles. The Morgan fingerprint density at radius 2 is 2.22 bits per heavy atom. The molecule has 0 bridgehead atoms. The highest BCUT2D eigenvalue weighted by atomic mass is 32.1. The summed E-state index contributed by atoms with van der Waals surface area (Å²) in [5.41, 5.74) is 8.57. The van der Waals surface area contributed by atoms with E-state index in [0.29, 0.717) is 16.2 Å². The zero-order chi connectivity index (χ0) is 12.8. The van der Waals surface area contributed by atoms with Gasteiger partial charge in [0.15, 0.2) is 0 Å². The maximum absolute atomic E-state index is 9.10. The van der Waals surface area contributed by atoms with Gasteiger partial charge in [-0.25, -0.2) is 0 Å². The van der Waals surface area contributed by atoms with E-state index in [1.807, 2.05) is 0 Å². The zero-order valence-electron chi connectivity index (χ0n) is 10.8. The summed E-state index contributed by atoms with van der Waals surface area (Å²) in [7, 11) is 0. The van der Waals surface area contributed by atoms with Gasteiger partial charge in [0.1, 0.15) is 10.9 Å². The second-order valence-corrected chi connectivity index (χ2v) is 6.70. The standard InChI is InChI=1S/C14H19N3S/c1-2-14(5-6-14)8-17-13-11(9-3-4-9)12(16)10(7-15)18-13/h9,17H,2-6,8,16H2,1H3. The summed E-state index contributed by atoms with van der Waals surface area (Å²) in [5.74, 6) is 0.600. The van der Waals surface area contributed by atoms with Crippen LogP contribution in [0.4, 0.5) is 10.7 Å². The monoisotopic (exact) mass is 261 g/mol. The first kappa shape index (κ1) is 11.9. The Labute approximate surface area is 112 Å². The van der Waals surface area contributed by atoms with Gasteiger partial charge in [0.25, 0.3) is 0 Å². The molecule has 0 aromatic carbocycles. The lowest BCUT2D eigenvalue weighted by atomic mass is 10.0. The van der Waals surface area contributed by atoms with Crippen molar-refractivity contribution >= 4 is 22.0 Å². The van der Waals surface area contributed by atoms with E-state index in [1.165, 1.54) is 49.0 Å². The Morgan fingerprint density at radius 3 is 2.72 bits per heavy atom. The maximum atomic E-state index is 9.10. The van der Waals surface area contributed by atoms with E-state index in [-0.39, 0.29) is 0 Å². The van der Waals surface area contributed by atoms with Crippen molar-refractivity contribution in [3.05, 3.63) is 10.4 Å². The van der Waals surface area contributed by atoms with Crippen molar-refractivity contribution < 1.29 is 0 Å². The lowest BCUT2D eigenvalue weighted by Gasteiger charge is -2.14. The quantitative estimate of drug-likeness (QED) is 0.850. The first-order chi connectivity index (χ1) is 8.69. The van der Waals surface area contributed by atoms with Crippen molar-refractivity contribution in [2.75, 3.05) is 17.6 Å². The van der Waals surface area contributed by atoms with Gasteiger partial charge < -0.3 is 11.1 Å². The Hall–Kier alpha value is -1.21. The molecule has 96 valence electrons. The number of rotatable bonds is 5. The summed E-state index contributed by atoms with van der Waals surface area (Å²) in [5, 5.41) is 13.8. The van der Waals surface area contributed by atoms with Crippen LogP contribution in [0.1, 0.15) is 55.4 Å². The Kier molecular flexibility index (Phi) is 2.74. The maximum Gasteiger partial charge on any atom is 0.130 e. The highest BCUT2D eigenvalue weighted by molar-refractivity contribution is 7.17. The predicted molar refractivity (Wildman–Crippen MR) is 75.9 cm³/mol. The molecule has 18 heavy (non-hydrogen) atoms. The van der Waals surface area contributed by atoms with Gasteiger partial charge in [-0.2, -0.15) is 5.26 Å². The topological polar surface area (TPSA) is 61.8 Å². The SMILES string of the molecule is CCC1(CNc2sc(C#N)c(N)c2C2CC2)CC1. The average molecular weight is 261 g/mol. The molecule has 2 aliphatic rings. The normalized spacial score (nSPS) is 20.4. The molecule has 0 amide bonds. The number of hydrogen-bond donors (Lipinski definition) is 2. The molecule has 4 heteroatoms. The van der Waals surface area contributed by atoms with Crippen molar-refractivity contribution in [3.8, 4) is 6.07 Å². The van der Waals surface area contributed by atoms with E-state index in [9.17, 15) is 0 Å². The fourth-order valence-electron chi connectivity index (χ4n) is 2.55. The number of thiophene rings is 1. The van der Waals surface area contributed by atoms with E-state index in [1.54, 1.807) is 0 Å². The lowest BCUT2D eigenvalue weighted by Crippen LogP contribution is -2.14. The van der Waals surface area contributed by atoms with Crippen LogP contribution in [0.3, 0.4) is 0 Å². The summed E-state index contributed by atoms with van der Waals surface area (Å²) in [4.78, 5) is 0.681. The molecule has 1 aromatic heterocycles. The largest absolute Gasteiger partial charge is 0.397 e. The second-order valence-electron chi connectivity index (χ2n) is 5.68. The Morgan fingerprint density at radius 1 is 1.50 bits per heavy atom. The number of nitrogen functional groups attached to an aromatic ring is 1. The zero-order valence-corrected chi connectivity index (χ0v) is 11.6. The molecule has 0 atom stereocenters. The van der Waals surface area contributed by atoms with Gasteiger partial charge in [-0.1, -0.05) is 6.92 Å². The lowest BCUT2D eigenvalue weighted by molar-refractivity contribution is 0.522. The van der Waals surface area contributed by atoms with E-state index in [0.717, 1.165) is 17.2 Å². The highest BCUT2D eigenvalue weighted by Gasteiger charge is 2.41. The minimum Gasteiger partial charge on any atom is -0.397 e. The molecule has 2 fully saturated rings. The molecular weight excluding hydrogens is 242 g/mol. The summed E-state index contributed by atoms with van der Waals surface area (Å²) in [6.07, 6.45) is 6.35. The van der Waals surface area contributed by atoms with Gasteiger partial charge >= 0.3 is 0 Å². The summed E-state index contributed by atoms with van der Waals surface area (Å²) >= 11 is 1.54. The van der Waals surface area contributed by atoms with E-state index < -0.39 is 0 Å². The van der Waals surface area contributed by atoms with Crippen molar-refractivity contribution in [1.29, 1.82) is 5.26 Å². The third kappa shape index (κ3) is 1.97. The molecule has 1 aromatic rings. The molecule has 0 radical (unpaired) electrons. The first-order valence-corrected chi connectivity index (χ1v) is 7.57. The van der Waals surface area contributed by atoms with Gasteiger partial charge in [-0.05, 0) is 43.4 Å².